The molecule has 0 spiro atoms. The number of rotatable bonds is 5. The third-order valence-corrected chi connectivity index (χ3v) is 4.18. The quantitative estimate of drug-likeness (QED) is 0.781. The van der Waals surface area contributed by atoms with E-state index in [1.165, 1.54) is 0 Å². The van der Waals surface area contributed by atoms with E-state index in [1.807, 2.05) is 37.3 Å². The molecular weight excluding hydrogens is 268 g/mol. The van der Waals surface area contributed by atoms with Gasteiger partial charge >= 0.3 is 0 Å². The van der Waals surface area contributed by atoms with E-state index in [2.05, 4.69) is 6.58 Å². The molecule has 0 unspecified atom stereocenters. The van der Waals surface area contributed by atoms with Crippen LogP contribution in [0, 0.1) is 5.41 Å². The molecule has 0 N–H and O–H groups in total. The van der Waals surface area contributed by atoms with Crippen LogP contribution in [-0.4, -0.2) is 30.9 Å². The van der Waals surface area contributed by atoms with Gasteiger partial charge in [0.15, 0.2) is 12.1 Å². The van der Waals surface area contributed by atoms with Crippen molar-refractivity contribution < 1.29 is 19.0 Å². The average Bonchev–Trinajstić information content (AvgIpc) is 2.89. The molecule has 4 nitrogen and oxygen atoms in total. The third kappa shape index (κ3) is 2.79. The molecule has 0 aliphatic carbocycles. The van der Waals surface area contributed by atoms with Gasteiger partial charge in [-0.2, -0.15) is 0 Å². The zero-order valence-electron chi connectivity index (χ0n) is 12.2. The van der Waals surface area contributed by atoms with Crippen LogP contribution in [0.25, 0.3) is 0 Å². The van der Waals surface area contributed by atoms with Crippen molar-refractivity contribution in [2.75, 3.05) is 6.61 Å². The minimum absolute atomic E-state index is 0.0689. The number of benzene rings is 1. The number of hydrogen-bond donors (Lipinski definition) is 0. The van der Waals surface area contributed by atoms with Crippen LogP contribution in [0.1, 0.15) is 18.9 Å². The molecule has 4 atom stereocenters. The average molecular weight is 288 g/mol. The molecular formula is C17H20O4. The van der Waals surface area contributed by atoms with Crippen LogP contribution in [0.5, 0.6) is 0 Å². The van der Waals surface area contributed by atoms with Gasteiger partial charge in [-0.15, -0.1) is 6.58 Å². The second-order valence-electron chi connectivity index (χ2n) is 5.92. The first kappa shape index (κ1) is 14.4. The maximum atomic E-state index is 12.2. The summed E-state index contributed by atoms with van der Waals surface area (Å²) in [4.78, 5) is 12.2. The van der Waals surface area contributed by atoms with Crippen molar-refractivity contribution in [1.29, 1.82) is 0 Å². The number of fused-ring (bicyclic) bond motifs is 2. The number of Topliss-reactive ketones (excluding diaryl/α,β-unsaturated/α-hetero) is 1. The Bertz CT molecular complexity index is 527. The number of hydrogen-bond acceptors (Lipinski definition) is 4. The Morgan fingerprint density at radius 2 is 2.14 bits per heavy atom. The van der Waals surface area contributed by atoms with Gasteiger partial charge in [-0.05, 0) is 5.56 Å². The summed E-state index contributed by atoms with van der Waals surface area (Å²) in [5.41, 5.74) is 0.656. The molecule has 0 radical (unpaired) electrons. The van der Waals surface area contributed by atoms with Gasteiger partial charge in [0.25, 0.3) is 0 Å². The summed E-state index contributed by atoms with van der Waals surface area (Å²) < 4.78 is 17.2. The second kappa shape index (κ2) is 5.72. The maximum Gasteiger partial charge on any atom is 0.168 e. The lowest BCUT2D eigenvalue weighted by molar-refractivity contribution is -0.165. The lowest BCUT2D eigenvalue weighted by atomic mass is 9.81. The summed E-state index contributed by atoms with van der Waals surface area (Å²) in [6.45, 7) is 6.59. The van der Waals surface area contributed by atoms with Crippen LogP contribution in [0.2, 0.25) is 0 Å². The Hall–Kier alpha value is -1.49. The first-order valence-electron chi connectivity index (χ1n) is 7.21. The zero-order chi connectivity index (χ0) is 14.9. The Morgan fingerprint density at radius 3 is 2.86 bits per heavy atom. The van der Waals surface area contributed by atoms with Crippen LogP contribution < -0.4 is 0 Å². The summed E-state index contributed by atoms with van der Waals surface area (Å²) >= 11 is 0. The Labute approximate surface area is 124 Å². The normalized spacial score (nSPS) is 34.9. The fraction of sp³-hybridized carbons (Fsp3) is 0.471. The van der Waals surface area contributed by atoms with Crippen molar-refractivity contribution in [3.05, 3.63) is 48.6 Å². The minimum atomic E-state index is -0.501. The van der Waals surface area contributed by atoms with E-state index < -0.39 is 17.8 Å². The molecule has 2 fully saturated rings. The van der Waals surface area contributed by atoms with Crippen LogP contribution in [-0.2, 0) is 25.6 Å². The monoisotopic (exact) mass is 288 g/mol. The predicted molar refractivity (Wildman–Crippen MR) is 77.6 cm³/mol. The first-order valence-corrected chi connectivity index (χ1v) is 7.21. The summed E-state index contributed by atoms with van der Waals surface area (Å²) in [7, 11) is 0. The summed E-state index contributed by atoms with van der Waals surface area (Å²) in [5.74, 6) is 0.0689. The third-order valence-electron chi connectivity index (χ3n) is 4.18. The molecule has 0 aromatic heterocycles. The van der Waals surface area contributed by atoms with Crippen molar-refractivity contribution in [2.45, 2.75) is 38.4 Å². The molecule has 3 rings (SSSR count). The van der Waals surface area contributed by atoms with Gasteiger partial charge in [0, 0.05) is 11.8 Å². The molecule has 2 bridgehead atoms. The summed E-state index contributed by atoms with van der Waals surface area (Å²) in [6.07, 6.45) is 0.940. The van der Waals surface area contributed by atoms with E-state index in [0.29, 0.717) is 19.6 Å². The summed E-state index contributed by atoms with van der Waals surface area (Å²) in [5, 5.41) is 0. The highest BCUT2D eigenvalue weighted by Crippen LogP contribution is 2.42. The van der Waals surface area contributed by atoms with E-state index in [0.717, 1.165) is 5.56 Å². The molecule has 1 aromatic carbocycles. The molecule has 1 aromatic rings. The molecule has 2 aliphatic rings. The van der Waals surface area contributed by atoms with Crippen molar-refractivity contribution in [1.82, 2.24) is 0 Å². The van der Waals surface area contributed by atoms with Gasteiger partial charge in [0.2, 0.25) is 0 Å². The van der Waals surface area contributed by atoms with Gasteiger partial charge in [-0.1, -0.05) is 43.3 Å². The molecule has 2 saturated heterocycles. The Kier molecular flexibility index (Phi) is 3.93. The largest absolute Gasteiger partial charge is 0.374 e. The Morgan fingerprint density at radius 1 is 1.38 bits per heavy atom. The summed E-state index contributed by atoms with van der Waals surface area (Å²) in [6, 6.07) is 9.92. The van der Waals surface area contributed by atoms with E-state index in [1.54, 1.807) is 6.08 Å². The van der Waals surface area contributed by atoms with Crippen LogP contribution in [0.15, 0.2) is 43.0 Å². The predicted octanol–water partition coefficient (Wildman–Crippen LogP) is 2.48. The molecule has 0 amide bonds. The van der Waals surface area contributed by atoms with Crippen LogP contribution in [0.3, 0.4) is 0 Å². The van der Waals surface area contributed by atoms with Crippen LogP contribution >= 0.6 is 0 Å². The minimum Gasteiger partial charge on any atom is -0.374 e. The van der Waals surface area contributed by atoms with Crippen LogP contribution in [0.4, 0.5) is 0 Å². The van der Waals surface area contributed by atoms with Gasteiger partial charge in [0.1, 0.15) is 12.2 Å². The SMILES string of the molecule is C=C[C@@]1(C)CC(=O)[C@@H]2O[C@H]1O[C@H]2COCc1ccccc1. The molecule has 4 heteroatoms. The first-order chi connectivity index (χ1) is 10.1. The maximum absolute atomic E-state index is 12.2. The zero-order valence-corrected chi connectivity index (χ0v) is 12.2. The lowest BCUT2D eigenvalue weighted by Crippen LogP contribution is -2.42. The fourth-order valence-corrected chi connectivity index (χ4v) is 2.80. The smallest absolute Gasteiger partial charge is 0.168 e. The van der Waals surface area contributed by atoms with Crippen molar-refractivity contribution in [3.63, 3.8) is 0 Å². The van der Waals surface area contributed by atoms with E-state index in [4.69, 9.17) is 14.2 Å². The van der Waals surface area contributed by atoms with E-state index >= 15 is 0 Å². The standard InChI is InChI=1S/C17H20O4/c1-3-17(2)9-13(18)15-14(20-16(17)21-15)11-19-10-12-7-5-4-6-8-12/h3-8,14-16H,1,9-11H2,2H3/t14-,15-,16+,17-/m0/s1. The number of carbonyl (C=O) groups is 1. The highest BCUT2D eigenvalue weighted by atomic mass is 16.7. The van der Waals surface area contributed by atoms with Crippen molar-refractivity contribution in [3.8, 4) is 0 Å². The van der Waals surface area contributed by atoms with Gasteiger partial charge < -0.3 is 14.2 Å². The molecule has 2 heterocycles. The molecule has 0 saturated carbocycles. The molecule has 21 heavy (non-hydrogen) atoms. The molecule has 112 valence electrons. The number of ketones is 1. The van der Waals surface area contributed by atoms with Gasteiger partial charge in [-0.3, -0.25) is 4.79 Å². The van der Waals surface area contributed by atoms with Gasteiger partial charge in [0.05, 0.1) is 13.2 Å². The highest BCUT2D eigenvalue weighted by molar-refractivity contribution is 5.85. The molecule has 2 aliphatic heterocycles. The van der Waals surface area contributed by atoms with Gasteiger partial charge in [-0.25, -0.2) is 0 Å². The fourth-order valence-electron chi connectivity index (χ4n) is 2.80. The topological polar surface area (TPSA) is 44.8 Å². The van der Waals surface area contributed by atoms with Crippen molar-refractivity contribution >= 4 is 5.78 Å². The number of carbonyl (C=O) groups excluding carboxylic acids is 1. The van der Waals surface area contributed by atoms with E-state index in [9.17, 15) is 4.79 Å². The number of ether oxygens (including phenoxy) is 3. The van der Waals surface area contributed by atoms with E-state index in [-0.39, 0.29) is 11.9 Å². The second-order valence-corrected chi connectivity index (χ2v) is 5.92. The highest BCUT2D eigenvalue weighted by Gasteiger charge is 2.53. The Balaban J connectivity index is 1.58. The lowest BCUT2D eigenvalue weighted by Gasteiger charge is -2.33. The van der Waals surface area contributed by atoms with Crippen molar-refractivity contribution in [2.24, 2.45) is 5.41 Å².